The first kappa shape index (κ1) is 16.9. The molecule has 0 bridgehead atoms. The van der Waals surface area contributed by atoms with Gasteiger partial charge in [-0.1, -0.05) is 66.4 Å². The van der Waals surface area contributed by atoms with Crippen molar-refractivity contribution in [1.82, 2.24) is 4.90 Å². The minimum Gasteiger partial charge on any atom is -0.339 e. The first-order valence-corrected chi connectivity index (χ1v) is 10.6. The maximum Gasteiger partial charge on any atom is 0.0552 e. The van der Waals surface area contributed by atoms with Crippen LogP contribution < -0.4 is 4.90 Å². The van der Waals surface area contributed by atoms with E-state index < -0.39 is 0 Å². The Morgan fingerprint density at radius 2 is 1.41 bits per heavy atom. The van der Waals surface area contributed by atoms with E-state index in [2.05, 4.69) is 88.7 Å². The number of para-hydroxylation sites is 2. The number of hydrogen-bond acceptors (Lipinski definition) is 3. The van der Waals surface area contributed by atoms with E-state index in [1.165, 1.54) is 46.2 Å². The van der Waals surface area contributed by atoms with Crippen LogP contribution in [-0.2, 0) is 6.54 Å². The number of rotatable bonds is 4. The second-order valence-corrected chi connectivity index (χ2v) is 8.61. The molecule has 1 atom stereocenters. The molecule has 0 aliphatic carbocycles. The van der Waals surface area contributed by atoms with E-state index in [1.807, 2.05) is 11.8 Å². The van der Waals surface area contributed by atoms with Gasteiger partial charge in [-0.25, -0.2) is 0 Å². The van der Waals surface area contributed by atoms with Gasteiger partial charge in [-0.2, -0.15) is 0 Å². The third-order valence-corrected chi connectivity index (χ3v) is 6.72. The Labute approximate surface area is 165 Å². The van der Waals surface area contributed by atoms with E-state index in [9.17, 15) is 0 Å². The normalized spacial score (nSPS) is 19.0. The lowest BCUT2D eigenvalue weighted by Gasteiger charge is -2.34. The Kier molecular flexibility index (Phi) is 4.64. The standard InChI is InChI=1S/C24H24N2S/c1-2-8-19(9-3-1)16-25-15-14-20(17-25)18-26-21-10-4-6-12-23(21)27-24-13-7-5-11-22(24)26/h1-13,20H,14-18H2. The van der Waals surface area contributed by atoms with Gasteiger partial charge in [-0.15, -0.1) is 0 Å². The zero-order valence-corrected chi connectivity index (χ0v) is 16.2. The first-order chi connectivity index (χ1) is 13.4. The Morgan fingerprint density at radius 3 is 2.11 bits per heavy atom. The van der Waals surface area contributed by atoms with Crippen LogP contribution >= 0.6 is 11.8 Å². The van der Waals surface area contributed by atoms with Crippen LogP contribution in [-0.4, -0.2) is 24.5 Å². The van der Waals surface area contributed by atoms with Crippen molar-refractivity contribution in [3.05, 3.63) is 84.4 Å². The fraction of sp³-hybridized carbons (Fsp3) is 0.250. The molecule has 27 heavy (non-hydrogen) atoms. The highest BCUT2D eigenvalue weighted by Crippen LogP contribution is 2.48. The van der Waals surface area contributed by atoms with Crippen molar-refractivity contribution in [3.8, 4) is 0 Å². The largest absolute Gasteiger partial charge is 0.339 e. The Hall–Kier alpha value is -2.23. The topological polar surface area (TPSA) is 6.48 Å². The van der Waals surface area contributed by atoms with Crippen LogP contribution in [0.2, 0.25) is 0 Å². The zero-order valence-electron chi connectivity index (χ0n) is 15.4. The molecule has 2 nitrogen and oxygen atoms in total. The molecule has 0 radical (unpaired) electrons. The summed E-state index contributed by atoms with van der Waals surface area (Å²) in [5.41, 5.74) is 4.15. The van der Waals surface area contributed by atoms with Crippen molar-refractivity contribution < 1.29 is 0 Å². The lowest BCUT2D eigenvalue weighted by molar-refractivity contribution is 0.317. The predicted octanol–water partition coefficient (Wildman–Crippen LogP) is 5.81. The zero-order chi connectivity index (χ0) is 18.1. The molecule has 3 aromatic carbocycles. The lowest BCUT2D eigenvalue weighted by Crippen LogP contribution is -2.29. The molecule has 0 aromatic heterocycles. The maximum atomic E-state index is 2.61. The summed E-state index contributed by atoms with van der Waals surface area (Å²) in [5.74, 6) is 0.706. The smallest absolute Gasteiger partial charge is 0.0552 e. The third kappa shape index (κ3) is 3.50. The van der Waals surface area contributed by atoms with Gasteiger partial charge in [0, 0.05) is 29.4 Å². The van der Waals surface area contributed by atoms with Gasteiger partial charge in [0.15, 0.2) is 0 Å². The van der Waals surface area contributed by atoms with Gasteiger partial charge < -0.3 is 4.90 Å². The second-order valence-electron chi connectivity index (χ2n) is 7.52. The molecule has 0 spiro atoms. The van der Waals surface area contributed by atoms with Crippen LogP contribution in [0.5, 0.6) is 0 Å². The van der Waals surface area contributed by atoms with Crippen LogP contribution in [0.15, 0.2) is 88.7 Å². The number of anilines is 2. The fourth-order valence-electron chi connectivity index (χ4n) is 4.28. The average molecular weight is 373 g/mol. The van der Waals surface area contributed by atoms with Crippen LogP contribution in [0.25, 0.3) is 0 Å². The van der Waals surface area contributed by atoms with E-state index in [1.54, 1.807) is 0 Å². The minimum absolute atomic E-state index is 0.706. The Morgan fingerprint density at radius 1 is 0.778 bits per heavy atom. The summed E-state index contributed by atoms with van der Waals surface area (Å²) in [6, 6.07) is 28.5. The average Bonchev–Trinajstić information content (AvgIpc) is 3.15. The molecule has 2 aliphatic rings. The lowest BCUT2D eigenvalue weighted by atomic mass is 10.1. The first-order valence-electron chi connectivity index (χ1n) is 9.76. The molecular formula is C24H24N2S. The second kappa shape index (κ2) is 7.41. The van der Waals surface area contributed by atoms with Crippen molar-refractivity contribution in [1.29, 1.82) is 0 Å². The highest BCUT2D eigenvalue weighted by molar-refractivity contribution is 7.99. The number of nitrogens with zero attached hydrogens (tertiary/aromatic N) is 2. The third-order valence-electron chi connectivity index (χ3n) is 5.59. The van der Waals surface area contributed by atoms with Gasteiger partial charge in [0.2, 0.25) is 0 Å². The van der Waals surface area contributed by atoms with Crippen LogP contribution in [0.4, 0.5) is 11.4 Å². The molecule has 3 aromatic rings. The molecule has 136 valence electrons. The van der Waals surface area contributed by atoms with Gasteiger partial charge >= 0.3 is 0 Å². The summed E-state index contributed by atoms with van der Waals surface area (Å²) < 4.78 is 0. The summed E-state index contributed by atoms with van der Waals surface area (Å²) in [5, 5.41) is 0. The van der Waals surface area contributed by atoms with Gasteiger partial charge in [-0.3, -0.25) is 4.90 Å². The van der Waals surface area contributed by atoms with Crippen LogP contribution in [0.1, 0.15) is 12.0 Å². The van der Waals surface area contributed by atoms with E-state index in [4.69, 9.17) is 0 Å². The van der Waals surface area contributed by atoms with E-state index in [0.29, 0.717) is 5.92 Å². The molecule has 2 heterocycles. The number of benzene rings is 3. The number of likely N-dealkylation sites (tertiary alicyclic amines) is 1. The molecule has 1 fully saturated rings. The van der Waals surface area contributed by atoms with Gasteiger partial charge in [-0.05, 0) is 48.7 Å². The fourth-order valence-corrected chi connectivity index (χ4v) is 5.38. The minimum atomic E-state index is 0.706. The summed E-state index contributed by atoms with van der Waals surface area (Å²) >= 11 is 1.89. The molecule has 0 N–H and O–H groups in total. The Balaban J connectivity index is 1.34. The molecule has 1 saturated heterocycles. The van der Waals surface area contributed by atoms with Gasteiger partial charge in [0.1, 0.15) is 0 Å². The van der Waals surface area contributed by atoms with Crippen LogP contribution in [0.3, 0.4) is 0 Å². The van der Waals surface area contributed by atoms with Crippen molar-refractivity contribution in [2.75, 3.05) is 24.5 Å². The van der Waals surface area contributed by atoms with Crippen molar-refractivity contribution in [2.45, 2.75) is 22.8 Å². The molecule has 2 aliphatic heterocycles. The monoisotopic (exact) mass is 372 g/mol. The molecular weight excluding hydrogens is 348 g/mol. The van der Waals surface area contributed by atoms with Gasteiger partial charge in [0.25, 0.3) is 0 Å². The molecule has 0 amide bonds. The van der Waals surface area contributed by atoms with E-state index >= 15 is 0 Å². The summed E-state index contributed by atoms with van der Waals surface area (Å²) in [4.78, 5) is 7.90. The highest BCUT2D eigenvalue weighted by atomic mass is 32.2. The summed E-state index contributed by atoms with van der Waals surface area (Å²) in [6.07, 6.45) is 1.28. The molecule has 1 unspecified atom stereocenters. The molecule has 0 saturated carbocycles. The van der Waals surface area contributed by atoms with E-state index in [0.717, 1.165) is 13.1 Å². The maximum absolute atomic E-state index is 2.61. The molecule has 5 rings (SSSR count). The van der Waals surface area contributed by atoms with Crippen molar-refractivity contribution in [3.63, 3.8) is 0 Å². The summed E-state index contributed by atoms with van der Waals surface area (Å²) in [7, 11) is 0. The highest BCUT2D eigenvalue weighted by Gasteiger charge is 2.29. The predicted molar refractivity (Wildman–Crippen MR) is 114 cm³/mol. The van der Waals surface area contributed by atoms with Gasteiger partial charge in [0.05, 0.1) is 11.4 Å². The van der Waals surface area contributed by atoms with E-state index in [-0.39, 0.29) is 0 Å². The van der Waals surface area contributed by atoms with Crippen LogP contribution in [0, 0.1) is 5.92 Å². The SMILES string of the molecule is c1ccc(CN2CCC(CN3c4ccccc4Sc4ccccc43)C2)cc1. The van der Waals surface area contributed by atoms with Crippen molar-refractivity contribution in [2.24, 2.45) is 5.92 Å². The quantitative estimate of drug-likeness (QED) is 0.570. The van der Waals surface area contributed by atoms with Crippen molar-refractivity contribution >= 4 is 23.1 Å². The number of fused-ring (bicyclic) bond motifs is 2. The number of hydrogen-bond donors (Lipinski definition) is 0. The Bertz CT molecular complexity index is 879. The molecule has 3 heteroatoms. The summed E-state index contributed by atoms with van der Waals surface area (Å²) in [6.45, 7) is 4.55.